The summed E-state index contributed by atoms with van der Waals surface area (Å²) in [5.74, 6) is -0.599. The van der Waals surface area contributed by atoms with E-state index in [1.54, 1.807) is 12.1 Å². The zero-order valence-electron chi connectivity index (χ0n) is 19.2. The fraction of sp³-hybridized carbons (Fsp3) is 0.111. The van der Waals surface area contributed by atoms with E-state index in [0.717, 1.165) is 20.6 Å². The van der Waals surface area contributed by atoms with Crippen molar-refractivity contribution in [2.24, 2.45) is 5.10 Å². The van der Waals surface area contributed by atoms with E-state index in [1.807, 2.05) is 54.6 Å². The predicted molar refractivity (Wildman–Crippen MR) is 142 cm³/mol. The van der Waals surface area contributed by atoms with Gasteiger partial charge in [0.2, 0.25) is 10.0 Å². The summed E-state index contributed by atoms with van der Waals surface area (Å²) in [6.45, 7) is -0.340. The molecule has 4 rings (SSSR count). The number of halogens is 1. The molecule has 2 N–H and O–H groups in total. The first-order chi connectivity index (χ1) is 17.3. The average Bonchev–Trinajstić information content (AvgIpc) is 2.88. The zero-order valence-corrected chi connectivity index (χ0v) is 20.8. The van der Waals surface area contributed by atoms with Gasteiger partial charge in [0, 0.05) is 17.1 Å². The Morgan fingerprint density at radius 2 is 1.64 bits per heavy atom. The van der Waals surface area contributed by atoms with Crippen LogP contribution in [-0.2, 0) is 21.2 Å². The average molecular weight is 522 g/mol. The van der Waals surface area contributed by atoms with Gasteiger partial charge in [-0.25, -0.2) is 13.8 Å². The van der Waals surface area contributed by atoms with Crippen molar-refractivity contribution in [1.82, 2.24) is 9.73 Å². The maximum absolute atomic E-state index is 13.3. The second-order valence-electron chi connectivity index (χ2n) is 8.04. The van der Waals surface area contributed by atoms with Crippen molar-refractivity contribution in [3.63, 3.8) is 0 Å². The first-order valence-corrected chi connectivity index (χ1v) is 13.0. The Labute approximate surface area is 214 Å². The Morgan fingerprint density at radius 3 is 2.39 bits per heavy atom. The largest absolute Gasteiger partial charge is 0.507 e. The van der Waals surface area contributed by atoms with Crippen molar-refractivity contribution in [2.75, 3.05) is 13.1 Å². The number of rotatable bonds is 9. The highest BCUT2D eigenvalue weighted by molar-refractivity contribution is 7.89. The minimum atomic E-state index is -3.97. The highest BCUT2D eigenvalue weighted by Crippen LogP contribution is 2.25. The maximum atomic E-state index is 13.3. The minimum Gasteiger partial charge on any atom is -0.507 e. The van der Waals surface area contributed by atoms with E-state index < -0.39 is 22.5 Å². The number of carbonyl (C=O) groups is 1. The van der Waals surface area contributed by atoms with Crippen LogP contribution in [0.25, 0.3) is 10.8 Å². The lowest BCUT2D eigenvalue weighted by molar-refractivity contribution is -0.121. The third-order valence-electron chi connectivity index (χ3n) is 5.59. The van der Waals surface area contributed by atoms with Gasteiger partial charge in [-0.15, -0.1) is 0 Å². The Morgan fingerprint density at radius 1 is 0.944 bits per heavy atom. The van der Waals surface area contributed by atoms with Crippen molar-refractivity contribution < 1.29 is 18.3 Å². The number of fused-ring (bicyclic) bond motifs is 1. The highest BCUT2D eigenvalue weighted by atomic mass is 35.5. The van der Waals surface area contributed by atoms with Gasteiger partial charge >= 0.3 is 0 Å². The summed E-state index contributed by atoms with van der Waals surface area (Å²) in [6, 6.07) is 26.0. The minimum absolute atomic E-state index is 0.0153. The van der Waals surface area contributed by atoms with Gasteiger partial charge in [0.25, 0.3) is 5.91 Å². The van der Waals surface area contributed by atoms with E-state index in [-0.39, 0.29) is 17.2 Å². The van der Waals surface area contributed by atoms with Crippen molar-refractivity contribution in [2.45, 2.75) is 11.3 Å². The molecule has 0 aliphatic carbocycles. The fourth-order valence-electron chi connectivity index (χ4n) is 3.72. The van der Waals surface area contributed by atoms with E-state index in [2.05, 4.69) is 10.5 Å². The molecule has 4 aromatic rings. The van der Waals surface area contributed by atoms with E-state index >= 15 is 0 Å². The van der Waals surface area contributed by atoms with Crippen molar-refractivity contribution >= 4 is 44.5 Å². The molecule has 7 nitrogen and oxygen atoms in total. The molecule has 0 aliphatic rings. The number of hydrazone groups is 1. The Balaban J connectivity index is 1.52. The van der Waals surface area contributed by atoms with Gasteiger partial charge in [-0.3, -0.25) is 4.79 Å². The van der Waals surface area contributed by atoms with Gasteiger partial charge < -0.3 is 5.11 Å². The number of nitrogens with zero attached hydrogens (tertiary/aromatic N) is 2. The van der Waals surface area contributed by atoms with Gasteiger partial charge in [-0.05, 0) is 53.1 Å². The van der Waals surface area contributed by atoms with Crippen LogP contribution < -0.4 is 5.43 Å². The van der Waals surface area contributed by atoms with E-state index in [1.165, 1.54) is 30.5 Å². The van der Waals surface area contributed by atoms with Gasteiger partial charge in [0.1, 0.15) is 5.75 Å². The monoisotopic (exact) mass is 521 g/mol. The van der Waals surface area contributed by atoms with Gasteiger partial charge in [0.15, 0.2) is 0 Å². The van der Waals surface area contributed by atoms with Crippen molar-refractivity contribution in [3.05, 3.63) is 107 Å². The third-order valence-corrected chi connectivity index (χ3v) is 7.71. The number of nitrogens with one attached hydrogen (secondary N) is 1. The molecule has 0 aliphatic heterocycles. The van der Waals surface area contributed by atoms with Gasteiger partial charge in [-0.1, -0.05) is 72.3 Å². The Bertz CT molecular complexity index is 1490. The molecule has 36 heavy (non-hydrogen) atoms. The molecule has 1 amide bonds. The molecule has 9 heteroatoms. The Hall–Kier alpha value is -3.72. The molecule has 0 heterocycles. The summed E-state index contributed by atoms with van der Waals surface area (Å²) in [5, 5.41) is 16.3. The number of amides is 1. The molecule has 0 radical (unpaired) electrons. The lowest BCUT2D eigenvalue weighted by atomic mass is 10.0. The molecular formula is C27H24ClN3O4S. The third kappa shape index (κ3) is 6.09. The predicted octanol–water partition coefficient (Wildman–Crippen LogP) is 4.58. The summed E-state index contributed by atoms with van der Waals surface area (Å²) in [5.41, 5.74) is 3.77. The van der Waals surface area contributed by atoms with Crippen LogP contribution in [0.3, 0.4) is 0 Å². The number of benzene rings is 4. The normalized spacial score (nSPS) is 11.8. The van der Waals surface area contributed by atoms with E-state index in [0.29, 0.717) is 17.0 Å². The standard InChI is InChI=1S/C27H24ClN3O4S/c28-22-11-13-23(14-12-22)36(34,35)31(17-16-20-6-2-1-3-7-20)19-27(33)30-29-18-25-24-9-5-4-8-21(24)10-15-26(25)32/h1-15,18,32H,16-17,19H2,(H,30,33)/b29-18-. The smallest absolute Gasteiger partial charge is 0.255 e. The summed E-state index contributed by atoms with van der Waals surface area (Å²) in [4.78, 5) is 12.8. The zero-order chi connectivity index (χ0) is 25.5. The van der Waals surface area contributed by atoms with E-state index in [4.69, 9.17) is 11.6 Å². The van der Waals surface area contributed by atoms with Gasteiger partial charge in [-0.2, -0.15) is 9.41 Å². The van der Waals surface area contributed by atoms with Crippen LogP contribution in [0.15, 0.2) is 101 Å². The molecule has 0 spiro atoms. The van der Waals surface area contributed by atoms with E-state index in [9.17, 15) is 18.3 Å². The van der Waals surface area contributed by atoms with Crippen LogP contribution in [0.5, 0.6) is 5.75 Å². The SMILES string of the molecule is O=C(CN(CCc1ccccc1)S(=O)(=O)c1ccc(Cl)cc1)N/N=C\c1c(O)ccc2ccccc12. The molecule has 0 bridgehead atoms. The lowest BCUT2D eigenvalue weighted by Crippen LogP contribution is -2.40. The summed E-state index contributed by atoms with van der Waals surface area (Å²) in [7, 11) is -3.97. The number of carbonyl (C=O) groups excluding carboxylic acids is 1. The molecule has 0 saturated heterocycles. The molecule has 4 aromatic carbocycles. The molecular weight excluding hydrogens is 498 g/mol. The summed E-state index contributed by atoms with van der Waals surface area (Å²) in [6.07, 6.45) is 1.77. The summed E-state index contributed by atoms with van der Waals surface area (Å²) < 4.78 is 27.8. The molecule has 0 aromatic heterocycles. The van der Waals surface area contributed by atoms with Crippen molar-refractivity contribution in [1.29, 1.82) is 0 Å². The molecule has 0 fully saturated rings. The van der Waals surface area contributed by atoms with Crippen LogP contribution in [-0.4, -0.2) is 43.0 Å². The highest BCUT2D eigenvalue weighted by Gasteiger charge is 2.26. The fourth-order valence-corrected chi connectivity index (χ4v) is 5.25. The Kier molecular flexibility index (Phi) is 8.00. The number of hydrogen-bond acceptors (Lipinski definition) is 5. The molecule has 0 atom stereocenters. The quantitative estimate of drug-likeness (QED) is 0.249. The van der Waals surface area contributed by atoms with Crippen LogP contribution in [0.1, 0.15) is 11.1 Å². The summed E-state index contributed by atoms with van der Waals surface area (Å²) >= 11 is 5.92. The molecule has 184 valence electrons. The number of aromatic hydroxyl groups is 1. The lowest BCUT2D eigenvalue weighted by Gasteiger charge is -2.21. The number of sulfonamides is 1. The number of phenolic OH excluding ortho intramolecular Hbond substituents is 1. The van der Waals surface area contributed by atoms with Crippen LogP contribution in [0.4, 0.5) is 0 Å². The van der Waals surface area contributed by atoms with Crippen LogP contribution in [0, 0.1) is 0 Å². The van der Waals surface area contributed by atoms with Crippen LogP contribution in [0.2, 0.25) is 5.02 Å². The first kappa shape index (κ1) is 25.4. The first-order valence-electron chi connectivity index (χ1n) is 11.2. The second-order valence-corrected chi connectivity index (χ2v) is 10.4. The topological polar surface area (TPSA) is 99.1 Å². The maximum Gasteiger partial charge on any atom is 0.255 e. The van der Waals surface area contributed by atoms with Gasteiger partial charge in [0.05, 0.1) is 17.7 Å². The number of hydrogen-bond donors (Lipinski definition) is 2. The van der Waals surface area contributed by atoms with Crippen LogP contribution >= 0.6 is 11.6 Å². The molecule has 0 unspecified atom stereocenters. The van der Waals surface area contributed by atoms with Crippen molar-refractivity contribution in [3.8, 4) is 5.75 Å². The molecule has 0 saturated carbocycles. The second kappa shape index (κ2) is 11.3. The number of phenols is 1.